The van der Waals surface area contributed by atoms with E-state index in [2.05, 4.69) is 24.1 Å². The van der Waals surface area contributed by atoms with Crippen molar-refractivity contribution in [3.05, 3.63) is 45.4 Å². The molecular weight excluding hydrogens is 270 g/mol. The number of carbonyl (C=O) groups is 1. The van der Waals surface area contributed by atoms with Gasteiger partial charge in [-0.25, -0.2) is 4.98 Å². The lowest BCUT2D eigenvalue weighted by molar-refractivity contribution is 0.102. The normalized spacial score (nSPS) is 10.8. The molecule has 0 atom stereocenters. The summed E-state index contributed by atoms with van der Waals surface area (Å²) >= 11 is 1.52. The van der Waals surface area contributed by atoms with Crippen LogP contribution in [-0.4, -0.2) is 10.9 Å². The van der Waals surface area contributed by atoms with Gasteiger partial charge in [-0.1, -0.05) is 19.9 Å². The summed E-state index contributed by atoms with van der Waals surface area (Å²) in [6.07, 6.45) is 0. The van der Waals surface area contributed by atoms with Gasteiger partial charge < -0.3 is 11.1 Å². The number of rotatable bonds is 4. The molecule has 106 valence electrons. The van der Waals surface area contributed by atoms with E-state index in [9.17, 15) is 4.79 Å². The SMILES string of the molecule is Cc1cc(CN)cc(NC(=O)c2ncsc2C(C)C)c1. The molecule has 4 nitrogen and oxygen atoms in total. The number of nitrogens with two attached hydrogens (primary N) is 1. The molecular formula is C15H19N3OS. The van der Waals surface area contributed by atoms with E-state index in [1.807, 2.05) is 25.1 Å². The highest BCUT2D eigenvalue weighted by atomic mass is 32.1. The highest BCUT2D eigenvalue weighted by molar-refractivity contribution is 7.10. The van der Waals surface area contributed by atoms with Gasteiger partial charge in [0.1, 0.15) is 5.69 Å². The zero-order valence-electron chi connectivity index (χ0n) is 11.9. The van der Waals surface area contributed by atoms with Crippen molar-refractivity contribution in [3.8, 4) is 0 Å². The average molecular weight is 289 g/mol. The molecule has 0 fully saturated rings. The third-order valence-corrected chi connectivity index (χ3v) is 4.09. The Labute approximate surface area is 123 Å². The zero-order valence-corrected chi connectivity index (χ0v) is 12.8. The summed E-state index contributed by atoms with van der Waals surface area (Å²) in [5, 5.41) is 2.90. The molecule has 0 aliphatic rings. The molecule has 0 spiro atoms. The minimum absolute atomic E-state index is 0.163. The standard InChI is InChI=1S/C15H19N3OS/c1-9(2)14-13(17-8-20-14)15(19)18-12-5-10(3)4-11(6-12)7-16/h4-6,8-9H,7,16H2,1-3H3,(H,18,19). The molecule has 3 N–H and O–H groups in total. The Bertz CT molecular complexity index is 619. The van der Waals surface area contributed by atoms with E-state index in [1.54, 1.807) is 5.51 Å². The number of nitrogens with one attached hydrogen (secondary N) is 1. The zero-order chi connectivity index (χ0) is 14.7. The smallest absolute Gasteiger partial charge is 0.275 e. The molecule has 1 amide bonds. The van der Waals surface area contributed by atoms with E-state index >= 15 is 0 Å². The van der Waals surface area contributed by atoms with Crippen molar-refractivity contribution in [2.75, 3.05) is 5.32 Å². The van der Waals surface area contributed by atoms with E-state index in [1.165, 1.54) is 11.3 Å². The van der Waals surface area contributed by atoms with Crippen molar-refractivity contribution in [1.82, 2.24) is 4.98 Å². The van der Waals surface area contributed by atoms with Crippen molar-refractivity contribution >= 4 is 22.9 Å². The van der Waals surface area contributed by atoms with Gasteiger partial charge >= 0.3 is 0 Å². The molecule has 0 radical (unpaired) electrons. The molecule has 0 aliphatic carbocycles. The minimum Gasteiger partial charge on any atom is -0.326 e. The van der Waals surface area contributed by atoms with Crippen LogP contribution in [0.15, 0.2) is 23.7 Å². The van der Waals surface area contributed by atoms with Gasteiger partial charge in [0.2, 0.25) is 0 Å². The van der Waals surface area contributed by atoms with Gasteiger partial charge in [0.15, 0.2) is 0 Å². The summed E-state index contributed by atoms with van der Waals surface area (Å²) in [5.74, 6) is 0.129. The molecule has 0 aliphatic heterocycles. The highest BCUT2D eigenvalue weighted by Crippen LogP contribution is 2.24. The lowest BCUT2D eigenvalue weighted by Crippen LogP contribution is -2.15. The summed E-state index contributed by atoms with van der Waals surface area (Å²) < 4.78 is 0. The van der Waals surface area contributed by atoms with E-state index < -0.39 is 0 Å². The fourth-order valence-electron chi connectivity index (χ4n) is 2.08. The van der Waals surface area contributed by atoms with Crippen molar-refractivity contribution in [3.63, 3.8) is 0 Å². The number of aryl methyl sites for hydroxylation is 1. The molecule has 0 saturated heterocycles. The summed E-state index contributed by atoms with van der Waals surface area (Å²) in [5.41, 5.74) is 10.7. The summed E-state index contributed by atoms with van der Waals surface area (Å²) in [6, 6.07) is 5.84. The molecule has 1 aromatic heterocycles. The number of nitrogens with zero attached hydrogens (tertiary/aromatic N) is 1. The van der Waals surface area contributed by atoms with Crippen LogP contribution in [0.5, 0.6) is 0 Å². The summed E-state index contributed by atoms with van der Waals surface area (Å²) in [7, 11) is 0. The second-order valence-corrected chi connectivity index (χ2v) is 5.97. The van der Waals surface area contributed by atoms with Crippen molar-refractivity contribution in [2.45, 2.75) is 33.2 Å². The van der Waals surface area contributed by atoms with Gasteiger partial charge in [-0.3, -0.25) is 4.79 Å². The number of carbonyl (C=O) groups excluding carboxylic acids is 1. The number of hydrogen-bond acceptors (Lipinski definition) is 4. The van der Waals surface area contributed by atoms with Crippen LogP contribution in [0.25, 0.3) is 0 Å². The maximum atomic E-state index is 12.3. The molecule has 20 heavy (non-hydrogen) atoms. The summed E-state index contributed by atoms with van der Waals surface area (Å²) in [6.45, 7) is 6.56. The van der Waals surface area contributed by atoms with Gasteiger partial charge in [0.25, 0.3) is 5.91 Å². The Morgan fingerprint density at radius 3 is 2.80 bits per heavy atom. The first-order valence-corrected chi connectivity index (χ1v) is 7.44. The maximum absolute atomic E-state index is 12.3. The van der Waals surface area contributed by atoms with Crippen LogP contribution in [0.3, 0.4) is 0 Å². The Balaban J connectivity index is 2.23. The number of benzene rings is 1. The van der Waals surface area contributed by atoms with Crippen LogP contribution in [0, 0.1) is 6.92 Å². The van der Waals surface area contributed by atoms with Gasteiger partial charge in [-0.05, 0) is 36.1 Å². The van der Waals surface area contributed by atoms with Crippen molar-refractivity contribution < 1.29 is 4.79 Å². The average Bonchev–Trinajstić information content (AvgIpc) is 2.87. The molecule has 2 rings (SSSR count). The van der Waals surface area contributed by atoms with Gasteiger partial charge in [-0.15, -0.1) is 11.3 Å². The fraction of sp³-hybridized carbons (Fsp3) is 0.333. The first-order chi connectivity index (χ1) is 9.51. The molecule has 2 aromatic rings. The second kappa shape index (κ2) is 6.15. The Kier molecular flexibility index (Phi) is 4.52. The van der Waals surface area contributed by atoms with Gasteiger partial charge in [0, 0.05) is 17.1 Å². The molecule has 1 aromatic carbocycles. The van der Waals surface area contributed by atoms with E-state index in [0.717, 1.165) is 21.7 Å². The molecule has 0 bridgehead atoms. The topological polar surface area (TPSA) is 68.0 Å². The van der Waals surface area contributed by atoms with Crippen LogP contribution in [0.4, 0.5) is 5.69 Å². The molecule has 1 heterocycles. The molecule has 0 unspecified atom stereocenters. The van der Waals surface area contributed by atoms with Gasteiger partial charge in [0.05, 0.1) is 5.51 Å². The maximum Gasteiger partial charge on any atom is 0.275 e. The first-order valence-electron chi connectivity index (χ1n) is 6.56. The van der Waals surface area contributed by atoms with Crippen LogP contribution >= 0.6 is 11.3 Å². The number of thiazole rings is 1. The second-order valence-electron chi connectivity index (χ2n) is 5.09. The predicted octanol–water partition coefficient (Wildman–Crippen LogP) is 3.29. The predicted molar refractivity (Wildman–Crippen MR) is 83.2 cm³/mol. The first kappa shape index (κ1) is 14.7. The van der Waals surface area contributed by atoms with Crippen LogP contribution in [0.1, 0.15) is 46.3 Å². The van der Waals surface area contributed by atoms with Crippen LogP contribution in [0.2, 0.25) is 0 Å². The monoisotopic (exact) mass is 289 g/mol. The van der Waals surface area contributed by atoms with Crippen molar-refractivity contribution in [2.24, 2.45) is 5.73 Å². The number of hydrogen-bond donors (Lipinski definition) is 2. The van der Waals surface area contributed by atoms with Crippen LogP contribution < -0.4 is 11.1 Å². The Morgan fingerprint density at radius 1 is 1.40 bits per heavy atom. The van der Waals surface area contributed by atoms with Crippen LogP contribution in [-0.2, 0) is 6.54 Å². The number of anilines is 1. The lowest BCUT2D eigenvalue weighted by atomic mass is 10.1. The van der Waals surface area contributed by atoms with E-state index in [0.29, 0.717) is 18.2 Å². The largest absolute Gasteiger partial charge is 0.326 e. The lowest BCUT2D eigenvalue weighted by Gasteiger charge is -2.09. The number of aromatic nitrogens is 1. The third-order valence-electron chi connectivity index (χ3n) is 2.97. The minimum atomic E-state index is -0.163. The van der Waals surface area contributed by atoms with Gasteiger partial charge in [-0.2, -0.15) is 0 Å². The quantitative estimate of drug-likeness (QED) is 0.907. The Hall–Kier alpha value is -1.72. The third kappa shape index (κ3) is 3.23. The van der Waals surface area contributed by atoms with E-state index in [4.69, 9.17) is 5.73 Å². The fourth-order valence-corrected chi connectivity index (χ4v) is 2.88. The molecule has 5 heteroatoms. The van der Waals surface area contributed by atoms with E-state index in [-0.39, 0.29) is 5.91 Å². The Morgan fingerprint density at radius 2 is 2.15 bits per heavy atom. The number of amides is 1. The summed E-state index contributed by atoms with van der Waals surface area (Å²) in [4.78, 5) is 17.5. The molecule has 0 saturated carbocycles. The highest BCUT2D eigenvalue weighted by Gasteiger charge is 2.17. The van der Waals surface area contributed by atoms with Crippen molar-refractivity contribution in [1.29, 1.82) is 0 Å².